The van der Waals surface area contributed by atoms with Crippen LogP contribution in [0.25, 0.3) is 10.8 Å². The highest BCUT2D eigenvalue weighted by atomic mass is 16.5. The van der Waals surface area contributed by atoms with Crippen molar-refractivity contribution < 1.29 is 29.0 Å². The minimum absolute atomic E-state index is 0.0294. The maximum Gasteiger partial charge on any atom is 0.408 e. The lowest BCUT2D eigenvalue weighted by Crippen LogP contribution is -2.57. The Morgan fingerprint density at radius 3 is 2.15 bits per heavy atom. The first-order chi connectivity index (χ1) is 26.6. The molecule has 11 nitrogen and oxygen atoms in total. The van der Waals surface area contributed by atoms with Gasteiger partial charge in [-0.25, -0.2) is 4.79 Å². The van der Waals surface area contributed by atoms with Crippen LogP contribution < -0.4 is 21.3 Å². The fourth-order valence-corrected chi connectivity index (χ4v) is 6.61. The van der Waals surface area contributed by atoms with Crippen LogP contribution in [-0.2, 0) is 38.7 Å². The van der Waals surface area contributed by atoms with E-state index in [1.54, 1.807) is 12.4 Å². The zero-order chi connectivity index (χ0) is 39.6. The van der Waals surface area contributed by atoms with E-state index in [2.05, 4.69) is 26.3 Å². The standard InChI is InChI=1S/C44H57N5O6/c1-5-7-20-37(42(52)48-38(25-30(3)4)40(50)27-33(6-2)41(51)46-28-31-21-23-45-24-22-31)47-43(53)39(49-44(54)55-29-32-14-9-8-10-15-32)26-35-18-13-17-34-16-11-12-19-36(34)35/h8-19,21-24,30,33,37-40,50H,5-7,20,25-29H2,1-4H3,(H,46,51)(H,47,53)(H,48,52)(H,49,54)/t33-,37-,38-,39-,40-/m0/s1. The van der Waals surface area contributed by atoms with Gasteiger partial charge in [0.05, 0.1) is 12.1 Å². The van der Waals surface area contributed by atoms with Crippen molar-refractivity contribution in [3.8, 4) is 0 Å². The van der Waals surface area contributed by atoms with E-state index in [-0.39, 0.29) is 31.3 Å². The number of unbranched alkanes of at least 4 members (excludes halogenated alkanes) is 1. The molecule has 0 fully saturated rings. The monoisotopic (exact) mass is 751 g/mol. The largest absolute Gasteiger partial charge is 0.445 e. The highest BCUT2D eigenvalue weighted by molar-refractivity contribution is 5.92. The molecule has 0 bridgehead atoms. The Balaban J connectivity index is 1.49. The number of aliphatic hydroxyl groups excluding tert-OH is 1. The molecule has 5 atom stereocenters. The van der Waals surface area contributed by atoms with Crippen molar-refractivity contribution in [2.45, 2.75) is 110 Å². The quantitative estimate of drug-likeness (QED) is 0.0662. The summed E-state index contributed by atoms with van der Waals surface area (Å²) in [6.07, 6.45) is 4.66. The average molecular weight is 752 g/mol. The van der Waals surface area contributed by atoms with Crippen molar-refractivity contribution in [2.24, 2.45) is 11.8 Å². The van der Waals surface area contributed by atoms with Crippen LogP contribution in [0.2, 0.25) is 0 Å². The number of hydrogen-bond donors (Lipinski definition) is 5. The Bertz CT molecular complexity index is 1800. The minimum atomic E-state index is -1.06. The number of carbonyl (C=O) groups is 4. The van der Waals surface area contributed by atoms with E-state index in [4.69, 9.17) is 4.74 Å². The van der Waals surface area contributed by atoms with Crippen LogP contribution in [0.4, 0.5) is 4.79 Å². The summed E-state index contributed by atoms with van der Waals surface area (Å²) in [6, 6.07) is 23.9. The van der Waals surface area contributed by atoms with Crippen LogP contribution in [0, 0.1) is 11.8 Å². The number of aromatic nitrogens is 1. The van der Waals surface area contributed by atoms with Crippen molar-refractivity contribution >= 4 is 34.6 Å². The Morgan fingerprint density at radius 2 is 1.44 bits per heavy atom. The van der Waals surface area contributed by atoms with Crippen LogP contribution in [-0.4, -0.2) is 58.1 Å². The average Bonchev–Trinajstić information content (AvgIpc) is 3.19. The molecule has 0 radical (unpaired) electrons. The second-order valence-corrected chi connectivity index (χ2v) is 14.5. The fourth-order valence-electron chi connectivity index (χ4n) is 6.61. The van der Waals surface area contributed by atoms with Gasteiger partial charge in [-0.05, 0) is 71.2 Å². The normalized spacial score (nSPS) is 13.9. The molecule has 4 rings (SSSR count). The number of rotatable bonds is 21. The molecule has 0 aliphatic carbocycles. The zero-order valence-electron chi connectivity index (χ0n) is 32.5. The van der Waals surface area contributed by atoms with Crippen LogP contribution in [0.15, 0.2) is 97.3 Å². The maximum atomic E-state index is 14.1. The topological polar surface area (TPSA) is 159 Å². The Labute approximate surface area is 325 Å². The fraction of sp³-hybridized carbons (Fsp3) is 0.432. The smallest absolute Gasteiger partial charge is 0.408 e. The third kappa shape index (κ3) is 13.8. The van der Waals surface area contributed by atoms with Crippen molar-refractivity contribution in [3.63, 3.8) is 0 Å². The SMILES string of the molecule is CCCC[C@H](NC(=O)[C@H](Cc1cccc2ccccc12)NC(=O)OCc1ccccc1)C(=O)N[C@@H](CC(C)C)[C@@H](O)C[C@H](CC)C(=O)NCc1ccncc1. The summed E-state index contributed by atoms with van der Waals surface area (Å²) in [5.74, 6) is -1.48. The third-order valence-corrected chi connectivity index (χ3v) is 9.73. The minimum Gasteiger partial charge on any atom is -0.445 e. The first-order valence-electron chi connectivity index (χ1n) is 19.5. The van der Waals surface area contributed by atoms with E-state index in [1.165, 1.54) is 0 Å². The van der Waals surface area contributed by atoms with Crippen molar-refractivity contribution in [3.05, 3.63) is 114 Å². The summed E-state index contributed by atoms with van der Waals surface area (Å²) >= 11 is 0. The molecule has 4 amide bonds. The number of carbonyl (C=O) groups excluding carboxylic acids is 4. The summed E-state index contributed by atoms with van der Waals surface area (Å²) in [4.78, 5) is 58.4. The molecule has 1 aromatic heterocycles. The molecule has 0 aliphatic heterocycles. The van der Waals surface area contributed by atoms with E-state index < -0.39 is 48.1 Å². The molecule has 4 aromatic rings. The van der Waals surface area contributed by atoms with Gasteiger partial charge in [0.2, 0.25) is 17.7 Å². The zero-order valence-corrected chi connectivity index (χ0v) is 32.5. The number of pyridine rings is 1. The summed E-state index contributed by atoms with van der Waals surface area (Å²) in [6.45, 7) is 8.28. The van der Waals surface area contributed by atoms with E-state index in [9.17, 15) is 24.3 Å². The molecule has 0 spiro atoms. The van der Waals surface area contributed by atoms with Gasteiger partial charge >= 0.3 is 6.09 Å². The van der Waals surface area contributed by atoms with Crippen LogP contribution in [0.3, 0.4) is 0 Å². The molecule has 0 saturated heterocycles. The van der Waals surface area contributed by atoms with Crippen LogP contribution in [0.5, 0.6) is 0 Å². The summed E-state index contributed by atoms with van der Waals surface area (Å²) < 4.78 is 5.49. The molecule has 0 saturated carbocycles. The highest BCUT2D eigenvalue weighted by Crippen LogP contribution is 2.21. The number of amides is 4. The second kappa shape index (κ2) is 22.2. The lowest BCUT2D eigenvalue weighted by molar-refractivity contribution is -0.131. The Hall–Kier alpha value is -5.29. The molecule has 3 aromatic carbocycles. The Morgan fingerprint density at radius 1 is 0.745 bits per heavy atom. The Kier molecular flexibility index (Phi) is 17.1. The van der Waals surface area contributed by atoms with Gasteiger partial charge in [0.25, 0.3) is 0 Å². The molecule has 1 heterocycles. The van der Waals surface area contributed by atoms with E-state index in [0.29, 0.717) is 32.2 Å². The van der Waals surface area contributed by atoms with Gasteiger partial charge < -0.3 is 31.1 Å². The van der Waals surface area contributed by atoms with Crippen molar-refractivity contribution in [1.29, 1.82) is 0 Å². The number of alkyl carbamates (subject to hydrolysis) is 1. The molecule has 294 valence electrons. The van der Waals surface area contributed by atoms with Gasteiger partial charge in [-0.2, -0.15) is 0 Å². The number of fused-ring (bicyclic) bond motifs is 1. The first kappa shape index (κ1) is 42.5. The van der Waals surface area contributed by atoms with Gasteiger partial charge in [0.1, 0.15) is 18.7 Å². The van der Waals surface area contributed by atoms with E-state index in [1.807, 2.05) is 113 Å². The van der Waals surface area contributed by atoms with Crippen molar-refractivity contribution in [1.82, 2.24) is 26.3 Å². The lowest BCUT2D eigenvalue weighted by atomic mass is 9.90. The van der Waals surface area contributed by atoms with Crippen molar-refractivity contribution in [2.75, 3.05) is 0 Å². The predicted molar refractivity (Wildman–Crippen MR) is 215 cm³/mol. The predicted octanol–water partition coefficient (Wildman–Crippen LogP) is 6.37. The van der Waals surface area contributed by atoms with Gasteiger partial charge in [-0.3, -0.25) is 19.4 Å². The molecular formula is C44H57N5O6. The highest BCUT2D eigenvalue weighted by Gasteiger charge is 2.32. The summed E-state index contributed by atoms with van der Waals surface area (Å²) in [5.41, 5.74) is 2.58. The number of hydrogen-bond acceptors (Lipinski definition) is 7. The van der Waals surface area contributed by atoms with Gasteiger partial charge in [-0.1, -0.05) is 113 Å². The van der Waals surface area contributed by atoms with Gasteiger partial charge in [-0.15, -0.1) is 0 Å². The van der Waals surface area contributed by atoms with Crippen LogP contribution >= 0.6 is 0 Å². The van der Waals surface area contributed by atoms with E-state index in [0.717, 1.165) is 33.9 Å². The second-order valence-electron chi connectivity index (χ2n) is 14.5. The third-order valence-electron chi connectivity index (χ3n) is 9.73. The first-order valence-corrected chi connectivity index (χ1v) is 19.5. The van der Waals surface area contributed by atoms with Gasteiger partial charge in [0.15, 0.2) is 0 Å². The number of nitrogens with zero attached hydrogens (tertiary/aromatic N) is 1. The molecule has 5 N–H and O–H groups in total. The molecule has 55 heavy (non-hydrogen) atoms. The van der Waals surface area contributed by atoms with Gasteiger partial charge in [0, 0.05) is 31.3 Å². The molecule has 0 aliphatic rings. The number of aliphatic hydroxyl groups is 1. The van der Waals surface area contributed by atoms with Crippen LogP contribution in [0.1, 0.15) is 82.9 Å². The van der Waals surface area contributed by atoms with E-state index >= 15 is 0 Å². The summed E-state index contributed by atoms with van der Waals surface area (Å²) in [5, 5.41) is 25.1. The number of nitrogens with one attached hydrogen (secondary N) is 4. The number of benzene rings is 3. The maximum absolute atomic E-state index is 14.1. The lowest BCUT2D eigenvalue weighted by Gasteiger charge is -2.30. The molecule has 11 heteroatoms. The number of ether oxygens (including phenoxy) is 1. The summed E-state index contributed by atoms with van der Waals surface area (Å²) in [7, 11) is 0. The molecule has 0 unspecified atom stereocenters. The molecular weight excluding hydrogens is 695 g/mol.